The highest BCUT2D eigenvalue weighted by Gasteiger charge is 2.57. The molecule has 1 aliphatic carbocycles. The molecule has 2 aliphatic rings. The predicted molar refractivity (Wildman–Crippen MR) is 80.7 cm³/mol. The average Bonchev–Trinajstić information content (AvgIpc) is 3.03. The SMILES string of the molecule is CC(C)O[Si](OC(C)C)(OC(C)C)C1CCC2OC2C1. The maximum Gasteiger partial charge on any atom is 0.504 e. The summed E-state index contributed by atoms with van der Waals surface area (Å²) in [6, 6.07) is 0. The third kappa shape index (κ3) is 4.04. The fourth-order valence-corrected chi connectivity index (χ4v) is 6.84. The molecule has 1 saturated carbocycles. The van der Waals surface area contributed by atoms with Crippen molar-refractivity contribution in [2.45, 2.75) is 96.9 Å². The van der Waals surface area contributed by atoms with Gasteiger partial charge in [0.15, 0.2) is 0 Å². The van der Waals surface area contributed by atoms with Gasteiger partial charge in [0.25, 0.3) is 0 Å². The van der Waals surface area contributed by atoms with Crippen LogP contribution in [0.5, 0.6) is 0 Å². The van der Waals surface area contributed by atoms with E-state index in [4.69, 9.17) is 18.0 Å². The number of epoxide rings is 1. The van der Waals surface area contributed by atoms with Gasteiger partial charge in [-0.15, -0.1) is 0 Å². The first-order valence-electron chi connectivity index (χ1n) is 8.01. The van der Waals surface area contributed by atoms with Crippen molar-refractivity contribution in [3.8, 4) is 0 Å². The third-order valence-electron chi connectivity index (χ3n) is 3.70. The summed E-state index contributed by atoms with van der Waals surface area (Å²) in [7, 11) is -2.68. The number of hydrogen-bond donors (Lipinski definition) is 0. The van der Waals surface area contributed by atoms with Gasteiger partial charge in [0, 0.05) is 23.9 Å². The lowest BCUT2D eigenvalue weighted by atomic mass is 10.0. The molecule has 0 aromatic heterocycles. The van der Waals surface area contributed by atoms with E-state index in [0.717, 1.165) is 19.3 Å². The van der Waals surface area contributed by atoms with Crippen molar-refractivity contribution in [3.05, 3.63) is 0 Å². The highest BCUT2D eigenvalue weighted by Crippen LogP contribution is 2.48. The molecule has 0 amide bonds. The number of fused-ring (bicyclic) bond motifs is 1. The maximum atomic E-state index is 6.30. The standard InChI is InChI=1S/C15H30O4Si/c1-10(2)17-20(18-11(3)4,19-12(5)6)13-7-8-14-15(9-13)16-14/h10-15H,7-9H2,1-6H3. The van der Waals surface area contributed by atoms with Crippen molar-refractivity contribution in [1.82, 2.24) is 0 Å². The average molecular weight is 302 g/mol. The fraction of sp³-hybridized carbons (Fsp3) is 1.00. The Morgan fingerprint density at radius 1 is 0.800 bits per heavy atom. The molecule has 20 heavy (non-hydrogen) atoms. The highest BCUT2D eigenvalue weighted by molar-refractivity contribution is 6.62. The van der Waals surface area contributed by atoms with Crippen LogP contribution < -0.4 is 0 Å². The molecule has 3 atom stereocenters. The van der Waals surface area contributed by atoms with Gasteiger partial charge >= 0.3 is 8.80 Å². The Kier molecular flexibility index (Phi) is 5.29. The molecule has 0 aromatic carbocycles. The van der Waals surface area contributed by atoms with Crippen molar-refractivity contribution < 1.29 is 18.0 Å². The van der Waals surface area contributed by atoms with Crippen molar-refractivity contribution in [1.29, 1.82) is 0 Å². The first-order chi connectivity index (χ1) is 9.32. The summed E-state index contributed by atoms with van der Waals surface area (Å²) in [6.07, 6.45) is 4.53. The van der Waals surface area contributed by atoms with Crippen LogP contribution in [0.1, 0.15) is 60.8 Å². The molecule has 3 unspecified atom stereocenters. The van der Waals surface area contributed by atoms with Crippen molar-refractivity contribution in [3.63, 3.8) is 0 Å². The summed E-state index contributed by atoms with van der Waals surface area (Å²) >= 11 is 0. The van der Waals surface area contributed by atoms with E-state index in [1.807, 2.05) is 0 Å². The Morgan fingerprint density at radius 2 is 1.30 bits per heavy atom. The van der Waals surface area contributed by atoms with Crippen LogP contribution in [0.15, 0.2) is 0 Å². The Balaban J connectivity index is 2.17. The Morgan fingerprint density at radius 3 is 1.70 bits per heavy atom. The summed E-state index contributed by atoms with van der Waals surface area (Å²) in [4.78, 5) is 0. The molecule has 0 N–H and O–H groups in total. The van der Waals surface area contributed by atoms with E-state index in [1.54, 1.807) is 0 Å². The first kappa shape index (κ1) is 16.4. The van der Waals surface area contributed by atoms with E-state index in [2.05, 4.69) is 41.5 Å². The second kappa shape index (κ2) is 6.44. The highest BCUT2D eigenvalue weighted by atomic mass is 28.4. The van der Waals surface area contributed by atoms with E-state index in [9.17, 15) is 0 Å². The van der Waals surface area contributed by atoms with E-state index in [1.165, 1.54) is 0 Å². The van der Waals surface area contributed by atoms with Gasteiger partial charge in [0.2, 0.25) is 0 Å². The van der Waals surface area contributed by atoms with Crippen LogP contribution in [0.2, 0.25) is 5.54 Å². The monoisotopic (exact) mass is 302 g/mol. The minimum Gasteiger partial charge on any atom is -0.371 e. The molecule has 5 heteroatoms. The zero-order valence-electron chi connectivity index (χ0n) is 13.7. The Hall–Kier alpha value is 0.0569. The van der Waals surface area contributed by atoms with Crippen LogP contribution in [0, 0.1) is 0 Å². The van der Waals surface area contributed by atoms with Crippen LogP contribution in [-0.4, -0.2) is 39.3 Å². The second-order valence-electron chi connectivity index (χ2n) is 6.83. The quantitative estimate of drug-likeness (QED) is 0.533. The van der Waals surface area contributed by atoms with Crippen LogP contribution in [-0.2, 0) is 18.0 Å². The lowest BCUT2D eigenvalue weighted by Gasteiger charge is -2.40. The molecule has 1 aliphatic heterocycles. The van der Waals surface area contributed by atoms with E-state index < -0.39 is 8.80 Å². The molecule has 4 nitrogen and oxygen atoms in total. The molecule has 0 bridgehead atoms. The van der Waals surface area contributed by atoms with E-state index in [0.29, 0.717) is 17.7 Å². The minimum atomic E-state index is -2.68. The molecule has 0 radical (unpaired) electrons. The summed E-state index contributed by atoms with van der Waals surface area (Å²) in [6.45, 7) is 12.4. The smallest absolute Gasteiger partial charge is 0.371 e. The Labute approximate surface area is 124 Å². The van der Waals surface area contributed by atoms with Gasteiger partial charge in [-0.2, -0.15) is 0 Å². The van der Waals surface area contributed by atoms with Crippen LogP contribution in [0.4, 0.5) is 0 Å². The molecule has 0 aromatic rings. The summed E-state index contributed by atoms with van der Waals surface area (Å²) in [5.41, 5.74) is 0.374. The number of ether oxygens (including phenoxy) is 1. The lowest BCUT2D eigenvalue weighted by Crippen LogP contribution is -2.55. The van der Waals surface area contributed by atoms with Crippen molar-refractivity contribution in [2.24, 2.45) is 0 Å². The lowest BCUT2D eigenvalue weighted by molar-refractivity contribution is -0.00756. The summed E-state index contributed by atoms with van der Waals surface area (Å²) < 4.78 is 24.6. The van der Waals surface area contributed by atoms with Gasteiger partial charge in [-0.1, -0.05) is 0 Å². The third-order valence-corrected chi connectivity index (χ3v) is 7.63. The molecule has 2 rings (SSSR count). The van der Waals surface area contributed by atoms with Gasteiger partial charge in [0.1, 0.15) is 0 Å². The van der Waals surface area contributed by atoms with Gasteiger partial charge in [-0.3, -0.25) is 0 Å². The van der Waals surface area contributed by atoms with E-state index in [-0.39, 0.29) is 18.3 Å². The van der Waals surface area contributed by atoms with Gasteiger partial charge in [-0.25, -0.2) is 0 Å². The molecule has 1 heterocycles. The number of rotatable bonds is 7. The van der Waals surface area contributed by atoms with Gasteiger partial charge < -0.3 is 18.0 Å². The Bertz CT molecular complexity index is 292. The second-order valence-corrected chi connectivity index (χ2v) is 9.56. The van der Waals surface area contributed by atoms with Gasteiger partial charge in [0.05, 0.1) is 12.2 Å². The largest absolute Gasteiger partial charge is 0.504 e. The summed E-state index contributed by atoms with van der Waals surface area (Å²) in [5, 5.41) is 0. The molecule has 118 valence electrons. The normalized spacial score (nSPS) is 30.1. The summed E-state index contributed by atoms with van der Waals surface area (Å²) in [5.74, 6) is 0. The van der Waals surface area contributed by atoms with Gasteiger partial charge in [-0.05, 0) is 60.8 Å². The molecule has 2 fully saturated rings. The molecular formula is C15H30O4Si. The maximum absolute atomic E-state index is 6.30. The molecule has 1 saturated heterocycles. The van der Waals surface area contributed by atoms with Crippen molar-refractivity contribution in [2.75, 3.05) is 0 Å². The number of hydrogen-bond acceptors (Lipinski definition) is 4. The van der Waals surface area contributed by atoms with Crippen LogP contribution >= 0.6 is 0 Å². The van der Waals surface area contributed by atoms with Crippen LogP contribution in [0.25, 0.3) is 0 Å². The van der Waals surface area contributed by atoms with E-state index >= 15 is 0 Å². The predicted octanol–water partition coefficient (Wildman–Crippen LogP) is 3.52. The fourth-order valence-electron chi connectivity index (χ4n) is 3.08. The zero-order chi connectivity index (χ0) is 14.9. The minimum absolute atomic E-state index is 0.122. The zero-order valence-corrected chi connectivity index (χ0v) is 14.7. The van der Waals surface area contributed by atoms with Crippen LogP contribution in [0.3, 0.4) is 0 Å². The topological polar surface area (TPSA) is 40.2 Å². The first-order valence-corrected chi connectivity index (χ1v) is 9.81. The van der Waals surface area contributed by atoms with Crippen molar-refractivity contribution >= 4 is 8.80 Å². The molecular weight excluding hydrogens is 272 g/mol. The molecule has 0 spiro atoms.